The van der Waals surface area contributed by atoms with Gasteiger partial charge in [0.2, 0.25) is 5.28 Å². The van der Waals surface area contributed by atoms with Crippen molar-refractivity contribution < 1.29 is 18.3 Å². The Balaban J connectivity index is 2.08. The largest absolute Gasteiger partial charge is 0.416 e. The van der Waals surface area contributed by atoms with Crippen molar-refractivity contribution in [2.75, 3.05) is 11.9 Å². The summed E-state index contributed by atoms with van der Waals surface area (Å²) >= 11 is 11.9. The van der Waals surface area contributed by atoms with Gasteiger partial charge in [-0.3, -0.25) is 0 Å². The second-order valence-electron chi connectivity index (χ2n) is 6.12. The monoisotopic (exact) mass is 442 g/mol. The maximum atomic E-state index is 13.5. The number of nitrogens with zero attached hydrogens (tertiary/aromatic N) is 3. The first-order valence-corrected chi connectivity index (χ1v) is 9.19. The van der Waals surface area contributed by atoms with Crippen LogP contribution in [-0.4, -0.2) is 26.7 Å². The van der Waals surface area contributed by atoms with Crippen LogP contribution in [0, 0.1) is 0 Å². The molecule has 0 bridgehead atoms. The van der Waals surface area contributed by atoms with Crippen molar-refractivity contribution in [3.8, 4) is 0 Å². The summed E-state index contributed by atoms with van der Waals surface area (Å²) in [6.45, 7) is 1.31. The number of fused-ring (bicyclic) bond motifs is 1. The lowest BCUT2D eigenvalue weighted by Gasteiger charge is -2.21. The number of halogens is 5. The van der Waals surface area contributed by atoms with E-state index < -0.39 is 17.8 Å². The third-order valence-electron chi connectivity index (χ3n) is 4.18. The maximum absolute atomic E-state index is 13.5. The molecular formula is C19H15Cl2F3N4O. The number of hydrogen-bond donors (Lipinski definition) is 2. The van der Waals surface area contributed by atoms with Gasteiger partial charge in [-0.25, -0.2) is 15.0 Å². The van der Waals surface area contributed by atoms with Crippen LogP contribution in [0.2, 0.25) is 10.4 Å². The quantitative estimate of drug-likeness (QED) is 0.401. The lowest BCUT2D eigenvalue weighted by atomic mass is 9.95. The maximum Gasteiger partial charge on any atom is 0.416 e. The fourth-order valence-electron chi connectivity index (χ4n) is 2.94. The number of aromatic nitrogens is 3. The fraction of sp³-hybridized carbons (Fsp3) is 0.211. The van der Waals surface area contributed by atoms with Gasteiger partial charge in [0.15, 0.2) is 0 Å². The van der Waals surface area contributed by atoms with E-state index in [4.69, 9.17) is 28.3 Å². The second kappa shape index (κ2) is 8.52. The number of pyridine rings is 1. The van der Waals surface area contributed by atoms with Crippen molar-refractivity contribution >= 4 is 46.0 Å². The van der Waals surface area contributed by atoms with Gasteiger partial charge in [0, 0.05) is 5.39 Å². The summed E-state index contributed by atoms with van der Waals surface area (Å²) in [5.74, 6) is 0.311. The van der Waals surface area contributed by atoms with Crippen LogP contribution in [0.25, 0.3) is 17.0 Å². The normalized spacial score (nSPS) is 13.2. The van der Waals surface area contributed by atoms with Gasteiger partial charge in [-0.2, -0.15) is 13.2 Å². The van der Waals surface area contributed by atoms with Crippen LogP contribution in [0.1, 0.15) is 29.7 Å². The molecule has 0 radical (unpaired) electrons. The molecule has 0 aliphatic heterocycles. The third kappa shape index (κ3) is 4.77. The van der Waals surface area contributed by atoms with Gasteiger partial charge in [-0.15, -0.1) is 0 Å². The molecule has 2 N–H and O–H groups in total. The van der Waals surface area contributed by atoms with Gasteiger partial charge >= 0.3 is 6.18 Å². The molecule has 0 spiro atoms. The van der Waals surface area contributed by atoms with E-state index in [1.165, 1.54) is 24.4 Å². The van der Waals surface area contributed by atoms with Gasteiger partial charge in [0.05, 0.1) is 29.9 Å². The SMILES string of the molecule is C[C@@H](Nc1nc(Cl)nc2cnc(Cl)cc12)c1cccc(C(F)(F)F)c1/C=C\CO. The summed E-state index contributed by atoms with van der Waals surface area (Å²) in [6.07, 6.45) is -0.610. The third-order valence-corrected chi connectivity index (χ3v) is 4.55. The first kappa shape index (κ1) is 21.3. The molecular weight excluding hydrogens is 428 g/mol. The van der Waals surface area contributed by atoms with Gasteiger partial charge in [-0.05, 0) is 41.8 Å². The number of nitrogens with one attached hydrogen (secondary N) is 1. The molecule has 2 heterocycles. The minimum Gasteiger partial charge on any atom is -0.392 e. The summed E-state index contributed by atoms with van der Waals surface area (Å²) in [4.78, 5) is 12.2. The van der Waals surface area contributed by atoms with E-state index >= 15 is 0 Å². The Hall–Kier alpha value is -2.42. The minimum absolute atomic E-state index is 0.0410. The number of aliphatic hydroxyl groups is 1. The standard InChI is InChI=1S/C19H15Cl2F3N4O/c1-10(11-4-2-6-14(19(22,23)24)12(11)5-3-7-29)26-17-13-8-16(20)25-9-15(13)27-18(21)28-17/h2-6,8-10,29H,7H2,1H3,(H,26,27,28)/b5-3-/t10-/m1/s1. The van der Waals surface area contributed by atoms with E-state index in [1.807, 2.05) is 0 Å². The molecule has 0 saturated heterocycles. The first-order chi connectivity index (χ1) is 13.7. The highest BCUT2D eigenvalue weighted by atomic mass is 35.5. The Bertz CT molecular complexity index is 1070. The number of anilines is 1. The molecule has 1 aromatic carbocycles. The topological polar surface area (TPSA) is 70.9 Å². The highest BCUT2D eigenvalue weighted by Gasteiger charge is 2.34. The molecule has 10 heteroatoms. The van der Waals surface area contributed by atoms with Crippen LogP contribution in [-0.2, 0) is 6.18 Å². The van der Waals surface area contributed by atoms with Crippen LogP contribution in [0.4, 0.5) is 19.0 Å². The Morgan fingerprint density at radius 3 is 2.69 bits per heavy atom. The summed E-state index contributed by atoms with van der Waals surface area (Å²) in [5, 5.41) is 12.8. The molecule has 0 unspecified atom stereocenters. The fourth-order valence-corrected chi connectivity index (χ4v) is 3.27. The molecule has 152 valence electrons. The Labute approximate surface area is 174 Å². The molecule has 5 nitrogen and oxygen atoms in total. The Morgan fingerprint density at radius 2 is 2.00 bits per heavy atom. The van der Waals surface area contributed by atoms with Gasteiger partial charge in [0.1, 0.15) is 11.0 Å². The highest BCUT2D eigenvalue weighted by molar-refractivity contribution is 6.30. The van der Waals surface area contributed by atoms with Crippen molar-refractivity contribution in [2.45, 2.75) is 19.1 Å². The minimum atomic E-state index is -4.55. The zero-order valence-corrected chi connectivity index (χ0v) is 16.5. The average Bonchev–Trinajstić information content (AvgIpc) is 2.65. The lowest BCUT2D eigenvalue weighted by molar-refractivity contribution is -0.137. The zero-order valence-electron chi connectivity index (χ0n) is 15.0. The molecule has 29 heavy (non-hydrogen) atoms. The van der Waals surface area contributed by atoms with Crippen molar-refractivity contribution in [1.82, 2.24) is 15.0 Å². The molecule has 0 amide bonds. The Morgan fingerprint density at radius 1 is 1.24 bits per heavy atom. The number of aliphatic hydroxyl groups excluding tert-OH is 1. The molecule has 0 saturated carbocycles. The van der Waals surface area contributed by atoms with Crippen molar-refractivity contribution in [3.63, 3.8) is 0 Å². The van der Waals surface area contributed by atoms with Crippen LogP contribution >= 0.6 is 23.2 Å². The lowest BCUT2D eigenvalue weighted by Crippen LogP contribution is -2.14. The molecule has 0 fully saturated rings. The van der Waals surface area contributed by atoms with Gasteiger partial charge in [-0.1, -0.05) is 35.9 Å². The van der Waals surface area contributed by atoms with Gasteiger partial charge in [0.25, 0.3) is 0 Å². The van der Waals surface area contributed by atoms with E-state index in [0.29, 0.717) is 22.3 Å². The number of alkyl halides is 3. The number of benzene rings is 1. The smallest absolute Gasteiger partial charge is 0.392 e. The molecule has 3 rings (SSSR count). The van der Waals surface area contributed by atoms with Crippen LogP contribution in [0.15, 0.2) is 36.5 Å². The van der Waals surface area contributed by atoms with Crippen molar-refractivity contribution in [3.05, 3.63) is 63.7 Å². The van der Waals surface area contributed by atoms with Crippen LogP contribution in [0.5, 0.6) is 0 Å². The van der Waals surface area contributed by atoms with E-state index in [1.54, 1.807) is 19.1 Å². The highest BCUT2D eigenvalue weighted by Crippen LogP contribution is 2.37. The molecule has 0 aliphatic rings. The predicted molar refractivity (Wildman–Crippen MR) is 107 cm³/mol. The van der Waals surface area contributed by atoms with Crippen LogP contribution in [0.3, 0.4) is 0 Å². The van der Waals surface area contributed by atoms with E-state index in [0.717, 1.165) is 6.07 Å². The molecule has 3 aromatic rings. The molecule has 1 atom stereocenters. The van der Waals surface area contributed by atoms with E-state index in [2.05, 4.69) is 20.3 Å². The first-order valence-electron chi connectivity index (χ1n) is 8.43. The molecule has 0 aliphatic carbocycles. The van der Waals surface area contributed by atoms with E-state index in [-0.39, 0.29) is 22.6 Å². The molecule has 2 aromatic heterocycles. The predicted octanol–water partition coefficient (Wildman–Crippen LogP) is 5.53. The van der Waals surface area contributed by atoms with E-state index in [9.17, 15) is 13.2 Å². The van der Waals surface area contributed by atoms with Gasteiger partial charge < -0.3 is 10.4 Å². The zero-order chi connectivity index (χ0) is 21.2. The summed E-state index contributed by atoms with van der Waals surface area (Å²) in [6, 6.07) is 4.86. The summed E-state index contributed by atoms with van der Waals surface area (Å²) in [5.41, 5.74) is -0.0366. The summed E-state index contributed by atoms with van der Waals surface area (Å²) in [7, 11) is 0. The number of rotatable bonds is 5. The van der Waals surface area contributed by atoms with Crippen LogP contribution < -0.4 is 5.32 Å². The summed E-state index contributed by atoms with van der Waals surface area (Å²) < 4.78 is 40.4. The Kier molecular flexibility index (Phi) is 6.26. The van der Waals surface area contributed by atoms with Crippen molar-refractivity contribution in [2.24, 2.45) is 0 Å². The van der Waals surface area contributed by atoms with Crippen molar-refractivity contribution in [1.29, 1.82) is 0 Å². The second-order valence-corrected chi connectivity index (χ2v) is 6.85. The average molecular weight is 443 g/mol. The number of hydrogen-bond acceptors (Lipinski definition) is 5.